The number of aromatic nitrogens is 1. The number of para-hydroxylation sites is 1. The number of hydrogen-bond donors (Lipinski definition) is 0. The fraction of sp³-hybridized carbons (Fsp3) is 0.200. The number of carbonyl (C=O) groups excluding carboxylic acids is 1. The molecular formula is C25H24N4O6S2. The summed E-state index contributed by atoms with van der Waals surface area (Å²) in [5, 5.41) is 11.3. The maximum atomic E-state index is 13.2. The highest BCUT2D eigenvalue weighted by Crippen LogP contribution is 2.32. The number of nitro groups is 1. The molecule has 12 heteroatoms. The second-order valence-corrected chi connectivity index (χ2v) is 10.7. The number of nitro benzene ring substituents is 1. The zero-order valence-electron chi connectivity index (χ0n) is 20.3. The number of anilines is 1. The molecule has 0 spiro atoms. The minimum Gasteiger partial charge on any atom is -0.494 e. The Labute approximate surface area is 217 Å². The SMILES string of the molecule is CCN(c1ccccc1)S(=O)(=O)c1ccc(C(=O)N=c2sc3cc([N+](=O)[O-])cc(OC)c3n2CC)cc1. The molecule has 1 amide bonds. The minimum absolute atomic E-state index is 0.0530. The van der Waals surface area contributed by atoms with E-state index in [1.54, 1.807) is 35.8 Å². The number of sulfonamides is 1. The summed E-state index contributed by atoms with van der Waals surface area (Å²) < 4.78 is 35.4. The Balaban J connectivity index is 1.71. The number of ether oxygens (including phenoxy) is 1. The molecule has 0 unspecified atom stereocenters. The van der Waals surface area contributed by atoms with Crippen LogP contribution in [0.25, 0.3) is 10.2 Å². The van der Waals surface area contributed by atoms with Crippen LogP contribution in [0.2, 0.25) is 0 Å². The third kappa shape index (κ3) is 4.98. The van der Waals surface area contributed by atoms with Gasteiger partial charge < -0.3 is 9.30 Å². The van der Waals surface area contributed by atoms with Crippen molar-refractivity contribution < 1.29 is 22.9 Å². The number of rotatable bonds is 8. The van der Waals surface area contributed by atoms with Crippen molar-refractivity contribution in [1.29, 1.82) is 0 Å². The van der Waals surface area contributed by atoms with Gasteiger partial charge in [0, 0.05) is 24.7 Å². The Morgan fingerprint density at radius 1 is 1.11 bits per heavy atom. The zero-order chi connectivity index (χ0) is 26.7. The topological polar surface area (TPSA) is 124 Å². The number of fused-ring (bicyclic) bond motifs is 1. The van der Waals surface area contributed by atoms with Crippen LogP contribution in [0, 0.1) is 10.1 Å². The van der Waals surface area contributed by atoms with Crippen LogP contribution in [0.4, 0.5) is 11.4 Å². The fourth-order valence-electron chi connectivity index (χ4n) is 3.93. The molecule has 37 heavy (non-hydrogen) atoms. The summed E-state index contributed by atoms with van der Waals surface area (Å²) in [6, 6.07) is 17.1. The van der Waals surface area contributed by atoms with Crippen molar-refractivity contribution in [2.45, 2.75) is 25.3 Å². The third-order valence-corrected chi connectivity index (χ3v) is 8.63. The Morgan fingerprint density at radius 3 is 2.35 bits per heavy atom. The van der Waals surface area contributed by atoms with Gasteiger partial charge >= 0.3 is 0 Å². The molecule has 0 radical (unpaired) electrons. The highest BCUT2D eigenvalue weighted by molar-refractivity contribution is 7.92. The molecule has 0 aliphatic carbocycles. The molecule has 0 atom stereocenters. The molecule has 4 aromatic rings. The van der Waals surface area contributed by atoms with Crippen LogP contribution < -0.4 is 13.8 Å². The first-order valence-electron chi connectivity index (χ1n) is 11.3. The molecule has 0 bridgehead atoms. The molecule has 0 saturated carbocycles. The highest BCUT2D eigenvalue weighted by atomic mass is 32.2. The van der Waals surface area contributed by atoms with Crippen LogP contribution in [0.3, 0.4) is 0 Å². The van der Waals surface area contributed by atoms with E-state index in [1.807, 2.05) is 13.0 Å². The fourth-order valence-corrected chi connectivity index (χ4v) is 6.55. The molecular weight excluding hydrogens is 516 g/mol. The standard InChI is InChI=1S/C25H24N4O6S2/c1-4-27-23-21(35-3)15-19(29(31)32)16-22(23)36-25(27)26-24(30)17-11-13-20(14-12-17)37(33,34)28(5-2)18-9-7-6-8-10-18/h6-16H,4-5H2,1-3H3. The van der Waals surface area contributed by atoms with Crippen molar-refractivity contribution >= 4 is 48.9 Å². The van der Waals surface area contributed by atoms with E-state index < -0.39 is 20.9 Å². The van der Waals surface area contributed by atoms with E-state index >= 15 is 0 Å². The lowest BCUT2D eigenvalue weighted by Crippen LogP contribution is -2.30. The molecule has 1 aromatic heterocycles. The average molecular weight is 541 g/mol. The number of nitrogens with zero attached hydrogens (tertiary/aromatic N) is 4. The van der Waals surface area contributed by atoms with Crippen LogP contribution in [0.15, 0.2) is 76.6 Å². The summed E-state index contributed by atoms with van der Waals surface area (Å²) in [5.74, 6) is -0.258. The Kier molecular flexibility index (Phi) is 7.41. The lowest BCUT2D eigenvalue weighted by molar-refractivity contribution is -0.384. The minimum atomic E-state index is -3.83. The Morgan fingerprint density at radius 2 is 1.78 bits per heavy atom. The first kappa shape index (κ1) is 26.0. The van der Waals surface area contributed by atoms with E-state index in [0.29, 0.717) is 33.0 Å². The van der Waals surface area contributed by atoms with Gasteiger partial charge in [-0.2, -0.15) is 4.99 Å². The molecule has 0 aliphatic rings. The molecule has 1 heterocycles. The zero-order valence-corrected chi connectivity index (χ0v) is 22.0. The second kappa shape index (κ2) is 10.5. The smallest absolute Gasteiger partial charge is 0.279 e. The van der Waals surface area contributed by atoms with E-state index in [4.69, 9.17) is 4.74 Å². The number of non-ortho nitro benzene ring substituents is 1. The van der Waals surface area contributed by atoms with Crippen molar-refractivity contribution in [2.24, 2.45) is 4.99 Å². The first-order chi connectivity index (χ1) is 17.7. The van der Waals surface area contributed by atoms with Gasteiger partial charge in [-0.25, -0.2) is 8.42 Å². The monoisotopic (exact) mass is 540 g/mol. The van der Waals surface area contributed by atoms with Gasteiger partial charge in [0.2, 0.25) is 0 Å². The number of aryl methyl sites for hydroxylation is 1. The first-order valence-corrected chi connectivity index (χ1v) is 13.6. The van der Waals surface area contributed by atoms with Gasteiger partial charge in [0.15, 0.2) is 10.6 Å². The van der Waals surface area contributed by atoms with Crippen LogP contribution in [0.5, 0.6) is 5.75 Å². The number of carbonyl (C=O) groups is 1. The number of methoxy groups -OCH3 is 1. The van der Waals surface area contributed by atoms with E-state index in [0.717, 1.165) is 11.3 Å². The molecule has 0 N–H and O–H groups in total. The number of hydrogen-bond acceptors (Lipinski definition) is 7. The van der Waals surface area contributed by atoms with Gasteiger partial charge in [-0.3, -0.25) is 19.2 Å². The van der Waals surface area contributed by atoms with Crippen LogP contribution in [-0.4, -0.2) is 37.5 Å². The molecule has 0 aliphatic heterocycles. The van der Waals surface area contributed by atoms with Crippen molar-refractivity contribution in [3.05, 3.63) is 87.2 Å². The van der Waals surface area contributed by atoms with Gasteiger partial charge in [0.25, 0.3) is 21.6 Å². The van der Waals surface area contributed by atoms with Crippen molar-refractivity contribution in [3.8, 4) is 5.75 Å². The Bertz CT molecular complexity index is 1640. The molecule has 10 nitrogen and oxygen atoms in total. The maximum Gasteiger partial charge on any atom is 0.279 e. The van der Waals surface area contributed by atoms with E-state index in [-0.39, 0.29) is 22.7 Å². The number of thiazole rings is 1. The quantitative estimate of drug-likeness (QED) is 0.238. The predicted octanol–water partition coefficient (Wildman–Crippen LogP) is 4.60. The number of benzene rings is 3. The van der Waals surface area contributed by atoms with Gasteiger partial charge in [0.05, 0.1) is 33.4 Å². The normalized spacial score (nSPS) is 12.0. The molecule has 0 fully saturated rings. The van der Waals surface area contributed by atoms with Gasteiger partial charge in [-0.05, 0) is 50.2 Å². The van der Waals surface area contributed by atoms with Gasteiger partial charge in [-0.15, -0.1) is 0 Å². The lowest BCUT2D eigenvalue weighted by Gasteiger charge is -2.22. The highest BCUT2D eigenvalue weighted by Gasteiger charge is 2.24. The largest absolute Gasteiger partial charge is 0.494 e. The summed E-state index contributed by atoms with van der Waals surface area (Å²) in [6.45, 7) is 4.30. The summed E-state index contributed by atoms with van der Waals surface area (Å²) in [7, 11) is -2.41. The molecule has 192 valence electrons. The lowest BCUT2D eigenvalue weighted by atomic mass is 10.2. The average Bonchev–Trinajstić information content (AvgIpc) is 3.25. The van der Waals surface area contributed by atoms with Crippen LogP contribution >= 0.6 is 11.3 Å². The van der Waals surface area contributed by atoms with E-state index in [1.165, 1.54) is 47.8 Å². The maximum absolute atomic E-state index is 13.2. The summed E-state index contributed by atoms with van der Waals surface area (Å²) >= 11 is 1.13. The summed E-state index contributed by atoms with van der Waals surface area (Å²) in [5.41, 5.74) is 1.23. The van der Waals surface area contributed by atoms with Gasteiger partial charge in [0.1, 0.15) is 5.52 Å². The summed E-state index contributed by atoms with van der Waals surface area (Å²) in [6.07, 6.45) is 0. The molecule has 4 rings (SSSR count). The molecule has 3 aromatic carbocycles. The third-order valence-electron chi connectivity index (χ3n) is 5.69. The van der Waals surface area contributed by atoms with Crippen LogP contribution in [0.1, 0.15) is 24.2 Å². The second-order valence-electron chi connectivity index (χ2n) is 7.83. The van der Waals surface area contributed by atoms with Crippen molar-refractivity contribution in [1.82, 2.24) is 4.57 Å². The van der Waals surface area contributed by atoms with Crippen LogP contribution in [-0.2, 0) is 16.6 Å². The Hall–Kier alpha value is -4.03. The van der Waals surface area contributed by atoms with Crippen molar-refractivity contribution in [2.75, 3.05) is 18.0 Å². The summed E-state index contributed by atoms with van der Waals surface area (Å²) in [4.78, 5) is 28.4. The number of amides is 1. The van der Waals surface area contributed by atoms with Crippen molar-refractivity contribution in [3.63, 3.8) is 0 Å². The van der Waals surface area contributed by atoms with E-state index in [2.05, 4.69) is 4.99 Å². The predicted molar refractivity (Wildman–Crippen MR) is 142 cm³/mol. The van der Waals surface area contributed by atoms with E-state index in [9.17, 15) is 23.3 Å². The van der Waals surface area contributed by atoms with Gasteiger partial charge in [-0.1, -0.05) is 29.5 Å². The molecule has 0 saturated heterocycles.